The molecule has 1 aromatic heterocycles. The van der Waals surface area contributed by atoms with Crippen molar-refractivity contribution in [2.24, 2.45) is 0 Å². The van der Waals surface area contributed by atoms with Crippen molar-refractivity contribution in [1.29, 1.82) is 0 Å². The number of rotatable bonds is 4. The van der Waals surface area contributed by atoms with Crippen LogP contribution in [0.3, 0.4) is 0 Å². The van der Waals surface area contributed by atoms with Crippen LogP contribution in [0.15, 0.2) is 42.5 Å². The van der Waals surface area contributed by atoms with Crippen LogP contribution in [0, 0.1) is 10.1 Å². The fraction of sp³-hybridized carbons (Fsp3) is 0.273. The van der Waals surface area contributed by atoms with Gasteiger partial charge in [0.25, 0.3) is 11.6 Å². The number of amides is 1. The van der Waals surface area contributed by atoms with E-state index < -0.39 is 4.92 Å². The third kappa shape index (κ3) is 4.55. The maximum Gasteiger partial charge on any atom is 0.270 e. The van der Waals surface area contributed by atoms with Gasteiger partial charge in [0, 0.05) is 54.1 Å². The highest BCUT2D eigenvalue weighted by atomic mass is 35.5. The number of anilines is 1. The molecule has 0 spiro atoms. The molecule has 1 amide bonds. The molecule has 1 saturated heterocycles. The molecule has 0 radical (unpaired) electrons. The van der Waals surface area contributed by atoms with Crippen LogP contribution >= 0.6 is 35.2 Å². The third-order valence-electron chi connectivity index (χ3n) is 5.49. The van der Waals surface area contributed by atoms with E-state index in [0.29, 0.717) is 51.3 Å². The van der Waals surface area contributed by atoms with Gasteiger partial charge in [-0.2, -0.15) is 0 Å². The number of nitrogens with one attached hydrogen (secondary N) is 1. The Morgan fingerprint density at radius 1 is 1.16 bits per heavy atom. The number of carbonyl (C=O) groups excluding carboxylic acids is 1. The first-order valence-corrected chi connectivity index (χ1v) is 11.8. The highest BCUT2D eigenvalue weighted by Gasteiger charge is 2.27. The minimum Gasteiger partial charge on any atom is -0.345 e. The standard InChI is InChI=1S/C22H21ClN4O3S2/c1-2-14-3-5-15(6-4-14)24-22(31)26-11-9-25(10-12-26)21(28)20-19(23)17-8-7-16(27(29)30)13-18(17)32-20/h3-8,13H,2,9-12H2,1H3,(H,24,31). The minimum atomic E-state index is -0.455. The molecule has 32 heavy (non-hydrogen) atoms. The van der Waals surface area contributed by atoms with Gasteiger partial charge < -0.3 is 15.1 Å². The third-order valence-corrected chi connectivity index (χ3v) is 7.49. The Bertz CT molecular complexity index is 1190. The number of carbonyl (C=O) groups is 1. The molecule has 0 unspecified atom stereocenters. The zero-order chi connectivity index (χ0) is 22.8. The second-order valence-electron chi connectivity index (χ2n) is 7.44. The number of nitrogens with zero attached hydrogens (tertiary/aromatic N) is 3. The number of hydrogen-bond donors (Lipinski definition) is 1. The average molecular weight is 489 g/mol. The summed E-state index contributed by atoms with van der Waals surface area (Å²) in [6.07, 6.45) is 0.988. The molecule has 10 heteroatoms. The molecule has 166 valence electrons. The number of hydrogen-bond acceptors (Lipinski definition) is 5. The Morgan fingerprint density at radius 2 is 1.81 bits per heavy atom. The van der Waals surface area contributed by atoms with E-state index in [1.807, 2.05) is 17.0 Å². The first-order valence-electron chi connectivity index (χ1n) is 10.2. The van der Waals surface area contributed by atoms with Gasteiger partial charge in [-0.1, -0.05) is 30.7 Å². The van der Waals surface area contributed by atoms with Gasteiger partial charge in [0.15, 0.2) is 5.11 Å². The van der Waals surface area contributed by atoms with E-state index >= 15 is 0 Å². The van der Waals surface area contributed by atoms with Crippen molar-refractivity contribution in [3.05, 3.63) is 68.0 Å². The average Bonchev–Trinajstić information content (AvgIpc) is 3.15. The Labute approximate surface area is 199 Å². The van der Waals surface area contributed by atoms with Crippen LogP contribution in [0.5, 0.6) is 0 Å². The Kier molecular flexibility index (Phi) is 6.59. The quantitative estimate of drug-likeness (QED) is 0.309. The Balaban J connectivity index is 1.40. The summed E-state index contributed by atoms with van der Waals surface area (Å²) in [6, 6.07) is 12.6. The van der Waals surface area contributed by atoms with Crippen molar-refractivity contribution < 1.29 is 9.72 Å². The lowest BCUT2D eigenvalue weighted by Gasteiger charge is -2.36. The van der Waals surface area contributed by atoms with Crippen molar-refractivity contribution in [1.82, 2.24) is 9.80 Å². The molecule has 4 rings (SSSR count). The number of aryl methyl sites for hydroxylation is 1. The zero-order valence-corrected chi connectivity index (χ0v) is 19.7. The van der Waals surface area contributed by atoms with Crippen molar-refractivity contribution in [3.63, 3.8) is 0 Å². The fourth-order valence-electron chi connectivity index (χ4n) is 3.59. The number of piperazine rings is 1. The topological polar surface area (TPSA) is 78.7 Å². The van der Waals surface area contributed by atoms with E-state index in [4.69, 9.17) is 23.8 Å². The summed E-state index contributed by atoms with van der Waals surface area (Å²) in [5, 5.41) is 15.9. The second kappa shape index (κ2) is 9.40. The summed E-state index contributed by atoms with van der Waals surface area (Å²) >= 11 is 13.2. The van der Waals surface area contributed by atoms with Crippen LogP contribution in [-0.2, 0) is 6.42 Å². The van der Waals surface area contributed by atoms with E-state index in [9.17, 15) is 14.9 Å². The largest absolute Gasteiger partial charge is 0.345 e. The summed E-state index contributed by atoms with van der Waals surface area (Å²) in [5.41, 5.74) is 2.19. The van der Waals surface area contributed by atoms with Crippen LogP contribution in [0.1, 0.15) is 22.2 Å². The van der Waals surface area contributed by atoms with Crippen molar-refractivity contribution >= 4 is 67.6 Å². The van der Waals surface area contributed by atoms with Gasteiger partial charge in [-0.05, 0) is 42.4 Å². The molecule has 0 bridgehead atoms. The summed E-state index contributed by atoms with van der Waals surface area (Å²) in [4.78, 5) is 27.9. The van der Waals surface area contributed by atoms with Crippen LogP contribution in [0.25, 0.3) is 10.1 Å². The summed E-state index contributed by atoms with van der Waals surface area (Å²) in [5.74, 6) is -0.160. The molecular formula is C22H21ClN4O3S2. The Hall–Kier alpha value is -2.75. The molecule has 7 nitrogen and oxygen atoms in total. The summed E-state index contributed by atoms with van der Waals surface area (Å²) < 4.78 is 0.630. The number of non-ortho nitro benzene ring substituents is 1. The lowest BCUT2D eigenvalue weighted by Crippen LogP contribution is -2.51. The van der Waals surface area contributed by atoms with E-state index in [-0.39, 0.29) is 11.6 Å². The molecule has 2 heterocycles. The first-order chi connectivity index (χ1) is 15.4. The monoisotopic (exact) mass is 488 g/mol. The lowest BCUT2D eigenvalue weighted by molar-refractivity contribution is -0.384. The zero-order valence-electron chi connectivity index (χ0n) is 17.3. The first kappa shape index (κ1) is 22.4. The number of thiophene rings is 1. The SMILES string of the molecule is CCc1ccc(NC(=S)N2CCN(C(=O)c3sc4cc([N+](=O)[O-])ccc4c3Cl)CC2)cc1. The highest BCUT2D eigenvalue weighted by Crippen LogP contribution is 2.38. The maximum absolute atomic E-state index is 13.1. The predicted octanol–water partition coefficient (Wildman–Crippen LogP) is 5.18. The van der Waals surface area contributed by atoms with E-state index in [1.54, 1.807) is 11.0 Å². The van der Waals surface area contributed by atoms with Crippen LogP contribution < -0.4 is 5.32 Å². The molecule has 1 N–H and O–H groups in total. The summed E-state index contributed by atoms with van der Waals surface area (Å²) in [6.45, 7) is 4.36. The molecule has 2 aromatic carbocycles. The fourth-order valence-corrected chi connectivity index (χ4v) is 5.40. The van der Waals surface area contributed by atoms with Crippen LogP contribution in [0.4, 0.5) is 11.4 Å². The van der Waals surface area contributed by atoms with Gasteiger partial charge in [0.1, 0.15) is 4.88 Å². The smallest absolute Gasteiger partial charge is 0.270 e. The van der Waals surface area contributed by atoms with E-state index in [0.717, 1.165) is 12.1 Å². The molecule has 0 saturated carbocycles. The lowest BCUT2D eigenvalue weighted by atomic mass is 10.1. The molecule has 0 aliphatic carbocycles. The second-order valence-corrected chi connectivity index (χ2v) is 9.26. The molecule has 1 aliphatic rings. The van der Waals surface area contributed by atoms with Gasteiger partial charge in [-0.3, -0.25) is 14.9 Å². The molecule has 1 aliphatic heterocycles. The predicted molar refractivity (Wildman–Crippen MR) is 133 cm³/mol. The normalized spacial score (nSPS) is 13.9. The van der Waals surface area contributed by atoms with Crippen LogP contribution in [0.2, 0.25) is 5.02 Å². The van der Waals surface area contributed by atoms with E-state index in [2.05, 4.69) is 24.4 Å². The molecule has 0 atom stereocenters. The number of thiocarbonyl (C=S) groups is 1. The number of nitro benzene ring substituents is 1. The van der Waals surface area contributed by atoms with E-state index in [1.165, 1.54) is 29.0 Å². The van der Waals surface area contributed by atoms with Gasteiger partial charge in [0.2, 0.25) is 0 Å². The molecule has 3 aromatic rings. The van der Waals surface area contributed by atoms with Crippen molar-refractivity contribution in [3.8, 4) is 0 Å². The van der Waals surface area contributed by atoms with Gasteiger partial charge in [-0.25, -0.2) is 0 Å². The van der Waals surface area contributed by atoms with Crippen LogP contribution in [-0.4, -0.2) is 51.9 Å². The van der Waals surface area contributed by atoms with Gasteiger partial charge in [0.05, 0.1) is 9.95 Å². The highest BCUT2D eigenvalue weighted by molar-refractivity contribution is 7.80. The summed E-state index contributed by atoms with van der Waals surface area (Å²) in [7, 11) is 0. The minimum absolute atomic E-state index is 0.0200. The maximum atomic E-state index is 13.1. The van der Waals surface area contributed by atoms with Gasteiger partial charge >= 0.3 is 0 Å². The number of benzene rings is 2. The van der Waals surface area contributed by atoms with Crippen molar-refractivity contribution in [2.75, 3.05) is 31.5 Å². The van der Waals surface area contributed by atoms with Crippen molar-refractivity contribution in [2.45, 2.75) is 13.3 Å². The van der Waals surface area contributed by atoms with Gasteiger partial charge in [-0.15, -0.1) is 11.3 Å². The number of fused-ring (bicyclic) bond motifs is 1. The number of nitro groups is 1. The number of halogens is 1. The Morgan fingerprint density at radius 3 is 2.44 bits per heavy atom. The molecular weight excluding hydrogens is 468 g/mol. The molecule has 1 fully saturated rings.